The first kappa shape index (κ1) is 12.4. The van der Waals surface area contributed by atoms with E-state index in [-0.39, 0.29) is 6.10 Å². The number of rotatable bonds is 3. The van der Waals surface area contributed by atoms with Crippen molar-refractivity contribution >= 4 is 0 Å². The smallest absolute Gasteiger partial charge is 0.0608 e. The van der Waals surface area contributed by atoms with Crippen molar-refractivity contribution in [1.29, 1.82) is 0 Å². The zero-order valence-electron chi connectivity index (χ0n) is 10.7. The molecule has 2 nitrogen and oxygen atoms in total. The van der Waals surface area contributed by atoms with Gasteiger partial charge in [0.25, 0.3) is 0 Å². The lowest BCUT2D eigenvalue weighted by molar-refractivity contribution is 0.000900. The first-order chi connectivity index (χ1) is 7.81. The van der Waals surface area contributed by atoms with Gasteiger partial charge < -0.3 is 10.0 Å². The van der Waals surface area contributed by atoms with Crippen LogP contribution in [0.5, 0.6) is 0 Å². The van der Waals surface area contributed by atoms with E-state index in [0.29, 0.717) is 11.8 Å². The quantitative estimate of drug-likeness (QED) is 0.798. The second-order valence-corrected chi connectivity index (χ2v) is 5.68. The topological polar surface area (TPSA) is 23.5 Å². The highest BCUT2D eigenvalue weighted by atomic mass is 16.3. The van der Waals surface area contributed by atoms with Gasteiger partial charge in [0, 0.05) is 6.54 Å². The van der Waals surface area contributed by atoms with Gasteiger partial charge in [0.15, 0.2) is 0 Å². The van der Waals surface area contributed by atoms with E-state index >= 15 is 0 Å². The first-order valence-electron chi connectivity index (χ1n) is 7.21. The van der Waals surface area contributed by atoms with Crippen molar-refractivity contribution in [3.63, 3.8) is 0 Å². The van der Waals surface area contributed by atoms with Crippen molar-refractivity contribution in [2.75, 3.05) is 19.6 Å². The second kappa shape index (κ2) is 6.02. The average molecular weight is 225 g/mol. The molecule has 0 bridgehead atoms. The van der Waals surface area contributed by atoms with Gasteiger partial charge in [0.2, 0.25) is 0 Å². The van der Waals surface area contributed by atoms with Gasteiger partial charge in [-0.2, -0.15) is 0 Å². The predicted molar refractivity (Wildman–Crippen MR) is 67.4 cm³/mol. The fourth-order valence-corrected chi connectivity index (χ4v) is 3.52. The number of aliphatic hydroxyl groups is 1. The van der Waals surface area contributed by atoms with Gasteiger partial charge in [-0.15, -0.1) is 0 Å². The SMILES string of the molecule is CCN1CCCC(C(O)C2CCCCC2)C1. The molecule has 1 aliphatic heterocycles. The van der Waals surface area contributed by atoms with Gasteiger partial charge >= 0.3 is 0 Å². The van der Waals surface area contributed by atoms with Crippen LogP contribution in [0.15, 0.2) is 0 Å². The number of nitrogens with zero attached hydrogens (tertiary/aromatic N) is 1. The van der Waals surface area contributed by atoms with Crippen molar-refractivity contribution < 1.29 is 5.11 Å². The molecule has 0 spiro atoms. The fraction of sp³-hybridized carbons (Fsp3) is 1.00. The van der Waals surface area contributed by atoms with Crippen LogP contribution in [0.2, 0.25) is 0 Å². The second-order valence-electron chi connectivity index (χ2n) is 5.68. The summed E-state index contributed by atoms with van der Waals surface area (Å²) in [6.07, 6.45) is 9.10. The van der Waals surface area contributed by atoms with Crippen LogP contribution in [0.1, 0.15) is 51.9 Å². The van der Waals surface area contributed by atoms with Gasteiger partial charge in [0.1, 0.15) is 0 Å². The van der Waals surface area contributed by atoms with Crippen LogP contribution in [0.3, 0.4) is 0 Å². The van der Waals surface area contributed by atoms with Gasteiger partial charge in [0.05, 0.1) is 6.10 Å². The Bertz CT molecular complexity index is 201. The maximum atomic E-state index is 10.5. The lowest BCUT2D eigenvalue weighted by atomic mass is 9.78. The molecule has 1 aliphatic carbocycles. The summed E-state index contributed by atoms with van der Waals surface area (Å²) in [7, 11) is 0. The molecule has 2 fully saturated rings. The van der Waals surface area contributed by atoms with Gasteiger partial charge in [-0.3, -0.25) is 0 Å². The molecule has 0 aromatic heterocycles. The van der Waals surface area contributed by atoms with Gasteiger partial charge in [-0.1, -0.05) is 26.2 Å². The monoisotopic (exact) mass is 225 g/mol. The summed E-state index contributed by atoms with van der Waals surface area (Å²) < 4.78 is 0. The predicted octanol–water partition coefficient (Wildman–Crippen LogP) is 2.66. The minimum absolute atomic E-state index is 0.0188. The van der Waals surface area contributed by atoms with Crippen molar-refractivity contribution in [3.8, 4) is 0 Å². The largest absolute Gasteiger partial charge is 0.393 e. The van der Waals surface area contributed by atoms with E-state index in [0.717, 1.165) is 13.1 Å². The third-order valence-electron chi connectivity index (χ3n) is 4.60. The standard InChI is InChI=1S/C14H27NO/c1-2-15-10-6-9-13(11-15)14(16)12-7-4-3-5-8-12/h12-14,16H,2-11H2,1H3. The molecule has 2 heteroatoms. The summed E-state index contributed by atoms with van der Waals surface area (Å²) in [6, 6.07) is 0. The van der Waals surface area contributed by atoms with Crippen LogP contribution in [0.4, 0.5) is 0 Å². The van der Waals surface area contributed by atoms with E-state index in [1.165, 1.54) is 51.5 Å². The number of hydrogen-bond donors (Lipinski definition) is 1. The normalized spacial score (nSPS) is 31.5. The molecule has 0 amide bonds. The Morgan fingerprint density at radius 3 is 2.44 bits per heavy atom. The maximum Gasteiger partial charge on any atom is 0.0608 e. The molecule has 1 saturated heterocycles. The molecule has 2 unspecified atom stereocenters. The van der Waals surface area contributed by atoms with Crippen molar-refractivity contribution in [1.82, 2.24) is 4.90 Å². The Kier molecular flexibility index (Phi) is 4.66. The molecular formula is C14H27NO. The number of likely N-dealkylation sites (tertiary alicyclic amines) is 1. The first-order valence-corrected chi connectivity index (χ1v) is 7.21. The number of hydrogen-bond acceptors (Lipinski definition) is 2. The summed E-state index contributed by atoms with van der Waals surface area (Å²) in [5.41, 5.74) is 0. The third kappa shape index (κ3) is 2.98. The van der Waals surface area contributed by atoms with Crippen LogP contribution in [0.25, 0.3) is 0 Å². The Morgan fingerprint density at radius 1 is 1.06 bits per heavy atom. The molecule has 2 atom stereocenters. The van der Waals surface area contributed by atoms with Crippen molar-refractivity contribution in [2.45, 2.75) is 58.0 Å². The molecule has 1 heterocycles. The summed E-state index contributed by atoms with van der Waals surface area (Å²) in [5.74, 6) is 1.16. The van der Waals surface area contributed by atoms with E-state index in [2.05, 4.69) is 11.8 Å². The summed E-state index contributed by atoms with van der Waals surface area (Å²) in [4.78, 5) is 2.50. The van der Waals surface area contributed by atoms with E-state index in [9.17, 15) is 5.11 Å². The van der Waals surface area contributed by atoms with Crippen LogP contribution in [-0.2, 0) is 0 Å². The third-order valence-corrected chi connectivity index (χ3v) is 4.60. The molecular weight excluding hydrogens is 198 g/mol. The number of piperidine rings is 1. The number of aliphatic hydroxyl groups excluding tert-OH is 1. The molecule has 0 radical (unpaired) electrons. The molecule has 1 N–H and O–H groups in total. The van der Waals surface area contributed by atoms with Crippen LogP contribution in [0, 0.1) is 11.8 Å². The maximum absolute atomic E-state index is 10.5. The summed E-state index contributed by atoms with van der Waals surface area (Å²) >= 11 is 0. The highest BCUT2D eigenvalue weighted by molar-refractivity contribution is 4.83. The Labute approximate surface area is 100 Å². The highest BCUT2D eigenvalue weighted by Crippen LogP contribution is 2.32. The lowest BCUT2D eigenvalue weighted by Crippen LogP contribution is -2.43. The zero-order valence-corrected chi connectivity index (χ0v) is 10.7. The van der Waals surface area contributed by atoms with Crippen molar-refractivity contribution in [2.24, 2.45) is 11.8 Å². The van der Waals surface area contributed by atoms with Crippen LogP contribution >= 0.6 is 0 Å². The zero-order chi connectivity index (χ0) is 11.4. The highest BCUT2D eigenvalue weighted by Gasteiger charge is 2.31. The summed E-state index contributed by atoms with van der Waals surface area (Å²) in [6.45, 7) is 5.75. The fourth-order valence-electron chi connectivity index (χ4n) is 3.52. The summed E-state index contributed by atoms with van der Waals surface area (Å²) in [5, 5.41) is 10.5. The molecule has 0 aromatic rings. The molecule has 94 valence electrons. The van der Waals surface area contributed by atoms with Gasteiger partial charge in [-0.05, 0) is 50.6 Å². The molecule has 0 aromatic carbocycles. The van der Waals surface area contributed by atoms with E-state index in [1.807, 2.05) is 0 Å². The molecule has 2 rings (SSSR count). The molecule has 1 saturated carbocycles. The van der Waals surface area contributed by atoms with Gasteiger partial charge in [-0.25, -0.2) is 0 Å². The van der Waals surface area contributed by atoms with Crippen molar-refractivity contribution in [3.05, 3.63) is 0 Å². The minimum atomic E-state index is -0.0188. The van der Waals surface area contributed by atoms with E-state index in [1.54, 1.807) is 0 Å². The Balaban J connectivity index is 1.84. The van der Waals surface area contributed by atoms with E-state index in [4.69, 9.17) is 0 Å². The van der Waals surface area contributed by atoms with E-state index < -0.39 is 0 Å². The molecule has 2 aliphatic rings. The Morgan fingerprint density at radius 2 is 1.75 bits per heavy atom. The van der Waals surface area contributed by atoms with Crippen LogP contribution in [-0.4, -0.2) is 35.7 Å². The van der Waals surface area contributed by atoms with Crippen LogP contribution < -0.4 is 0 Å². The lowest BCUT2D eigenvalue weighted by Gasteiger charge is -2.38. The average Bonchev–Trinajstić information content (AvgIpc) is 2.39. The molecule has 16 heavy (non-hydrogen) atoms. The minimum Gasteiger partial charge on any atom is -0.393 e. The Hall–Kier alpha value is -0.0800.